The minimum absolute atomic E-state index is 0.104. The third-order valence-corrected chi connectivity index (χ3v) is 5.01. The predicted molar refractivity (Wildman–Crippen MR) is 135 cm³/mol. The van der Waals surface area contributed by atoms with Gasteiger partial charge in [-0.2, -0.15) is 0 Å². The number of aromatic nitrogens is 1. The predicted octanol–water partition coefficient (Wildman–Crippen LogP) is 7.61. The molecular formula is C28H27N3O3. The van der Waals surface area contributed by atoms with Gasteiger partial charge in [-0.1, -0.05) is 57.2 Å². The van der Waals surface area contributed by atoms with Crippen LogP contribution in [-0.2, 0) is 5.41 Å². The van der Waals surface area contributed by atoms with Gasteiger partial charge in [-0.05, 0) is 60.0 Å². The molecule has 0 fully saturated rings. The molecule has 0 bridgehead atoms. The molecule has 6 nitrogen and oxygen atoms in total. The second kappa shape index (κ2) is 10.1. The highest BCUT2D eigenvalue weighted by molar-refractivity contribution is 6.00. The van der Waals surface area contributed by atoms with Crippen molar-refractivity contribution in [2.75, 3.05) is 10.6 Å². The molecule has 0 aliphatic rings. The first-order valence-electron chi connectivity index (χ1n) is 11.0. The van der Waals surface area contributed by atoms with Crippen LogP contribution in [0.5, 0.6) is 23.1 Å². The fourth-order valence-electron chi connectivity index (χ4n) is 3.36. The van der Waals surface area contributed by atoms with Crippen molar-refractivity contribution in [1.29, 1.82) is 0 Å². The number of urea groups is 1. The van der Waals surface area contributed by atoms with Crippen LogP contribution in [0.2, 0.25) is 0 Å². The Morgan fingerprint density at radius 1 is 0.735 bits per heavy atom. The summed E-state index contributed by atoms with van der Waals surface area (Å²) in [4.78, 5) is 17.0. The lowest BCUT2D eigenvalue weighted by molar-refractivity contribution is 0.262. The standard InChI is InChI=1S/C28H27N3O3/c1-28(2,3)23-12-7-8-14-25(23)34-26-24(13-9-19-29-26)31-27(32)30-20-15-17-22(18-16-20)33-21-10-5-4-6-11-21/h4-19H,1-3H3,(H2,30,31,32). The third kappa shape index (κ3) is 5.92. The lowest BCUT2D eigenvalue weighted by Gasteiger charge is -2.22. The van der Waals surface area contributed by atoms with Crippen molar-refractivity contribution in [2.45, 2.75) is 26.2 Å². The van der Waals surface area contributed by atoms with Crippen LogP contribution in [0.1, 0.15) is 26.3 Å². The molecule has 3 aromatic carbocycles. The number of nitrogens with zero attached hydrogens (tertiary/aromatic N) is 1. The van der Waals surface area contributed by atoms with E-state index in [0.29, 0.717) is 28.8 Å². The Morgan fingerprint density at radius 2 is 1.41 bits per heavy atom. The maximum Gasteiger partial charge on any atom is 0.323 e. The van der Waals surface area contributed by atoms with E-state index in [2.05, 4.69) is 36.4 Å². The first kappa shape index (κ1) is 22.9. The van der Waals surface area contributed by atoms with Crippen LogP contribution in [0.4, 0.5) is 16.2 Å². The zero-order valence-corrected chi connectivity index (χ0v) is 19.4. The highest BCUT2D eigenvalue weighted by Gasteiger charge is 2.20. The van der Waals surface area contributed by atoms with Crippen molar-refractivity contribution in [2.24, 2.45) is 0 Å². The normalized spacial score (nSPS) is 10.9. The van der Waals surface area contributed by atoms with E-state index in [1.165, 1.54) is 0 Å². The molecular weight excluding hydrogens is 426 g/mol. The van der Waals surface area contributed by atoms with Gasteiger partial charge in [-0.25, -0.2) is 9.78 Å². The Labute approximate surface area is 199 Å². The van der Waals surface area contributed by atoms with E-state index in [-0.39, 0.29) is 5.41 Å². The second-order valence-corrected chi connectivity index (χ2v) is 8.72. The van der Waals surface area contributed by atoms with Crippen molar-refractivity contribution >= 4 is 17.4 Å². The van der Waals surface area contributed by atoms with E-state index in [9.17, 15) is 4.79 Å². The van der Waals surface area contributed by atoms with Crippen LogP contribution >= 0.6 is 0 Å². The molecule has 1 aromatic heterocycles. The third-order valence-electron chi connectivity index (χ3n) is 5.01. The molecule has 4 aromatic rings. The molecule has 0 saturated heterocycles. The Bertz CT molecular complexity index is 1250. The smallest absolute Gasteiger partial charge is 0.323 e. The van der Waals surface area contributed by atoms with Crippen LogP contribution in [0, 0.1) is 0 Å². The van der Waals surface area contributed by atoms with Gasteiger partial charge in [-0.15, -0.1) is 0 Å². The summed E-state index contributed by atoms with van der Waals surface area (Å²) in [5, 5.41) is 5.64. The molecule has 2 amide bonds. The topological polar surface area (TPSA) is 72.5 Å². The van der Waals surface area contributed by atoms with Crippen LogP contribution in [0.25, 0.3) is 0 Å². The van der Waals surface area contributed by atoms with Crippen molar-refractivity contribution < 1.29 is 14.3 Å². The van der Waals surface area contributed by atoms with E-state index in [1.54, 1.807) is 42.6 Å². The zero-order valence-electron chi connectivity index (χ0n) is 19.4. The van der Waals surface area contributed by atoms with Gasteiger partial charge in [0.25, 0.3) is 0 Å². The molecule has 0 aliphatic heterocycles. The number of rotatable bonds is 6. The van der Waals surface area contributed by atoms with Gasteiger partial charge in [0.05, 0.1) is 0 Å². The van der Waals surface area contributed by atoms with Gasteiger partial charge in [-0.3, -0.25) is 0 Å². The van der Waals surface area contributed by atoms with Crippen LogP contribution in [0.3, 0.4) is 0 Å². The molecule has 2 N–H and O–H groups in total. The molecule has 172 valence electrons. The van der Waals surface area contributed by atoms with E-state index in [4.69, 9.17) is 9.47 Å². The van der Waals surface area contributed by atoms with E-state index < -0.39 is 6.03 Å². The van der Waals surface area contributed by atoms with Crippen LogP contribution < -0.4 is 20.1 Å². The average Bonchev–Trinajstić information content (AvgIpc) is 2.82. The van der Waals surface area contributed by atoms with Gasteiger partial charge in [0.15, 0.2) is 0 Å². The van der Waals surface area contributed by atoms with Crippen molar-refractivity contribution in [3.05, 3.63) is 103 Å². The number of anilines is 2. The molecule has 0 radical (unpaired) electrons. The molecule has 0 atom stereocenters. The lowest BCUT2D eigenvalue weighted by Crippen LogP contribution is -2.20. The number of carbonyl (C=O) groups excluding carboxylic acids is 1. The van der Waals surface area contributed by atoms with Crippen LogP contribution in [0.15, 0.2) is 97.2 Å². The van der Waals surface area contributed by atoms with Gasteiger partial charge >= 0.3 is 6.03 Å². The Morgan fingerprint density at radius 3 is 2.15 bits per heavy atom. The Kier molecular flexibility index (Phi) is 6.78. The summed E-state index contributed by atoms with van der Waals surface area (Å²) in [6.45, 7) is 6.36. The molecule has 0 spiro atoms. The molecule has 4 rings (SSSR count). The summed E-state index contributed by atoms with van der Waals surface area (Å²) in [7, 11) is 0. The fourth-order valence-corrected chi connectivity index (χ4v) is 3.36. The van der Waals surface area contributed by atoms with E-state index in [0.717, 1.165) is 11.3 Å². The highest BCUT2D eigenvalue weighted by atomic mass is 16.5. The van der Waals surface area contributed by atoms with E-state index in [1.807, 2.05) is 54.6 Å². The number of hydrogen-bond acceptors (Lipinski definition) is 4. The highest BCUT2D eigenvalue weighted by Crippen LogP contribution is 2.35. The molecule has 1 heterocycles. The van der Waals surface area contributed by atoms with Crippen molar-refractivity contribution in [1.82, 2.24) is 4.98 Å². The quantitative estimate of drug-likeness (QED) is 0.315. The number of carbonyl (C=O) groups is 1. The number of benzene rings is 3. The van der Waals surface area contributed by atoms with Crippen molar-refractivity contribution in [3.8, 4) is 23.1 Å². The average molecular weight is 454 g/mol. The summed E-state index contributed by atoms with van der Waals surface area (Å²) in [5.74, 6) is 2.45. The zero-order chi connectivity index (χ0) is 24.0. The summed E-state index contributed by atoms with van der Waals surface area (Å²) >= 11 is 0. The number of para-hydroxylation sites is 2. The Hall–Kier alpha value is -4.32. The lowest BCUT2D eigenvalue weighted by atomic mass is 9.86. The second-order valence-electron chi connectivity index (χ2n) is 8.72. The SMILES string of the molecule is CC(C)(C)c1ccccc1Oc1ncccc1NC(=O)Nc1ccc(Oc2ccccc2)cc1. The van der Waals surface area contributed by atoms with Gasteiger partial charge in [0.1, 0.15) is 22.9 Å². The number of ether oxygens (including phenoxy) is 2. The largest absolute Gasteiger partial charge is 0.457 e. The summed E-state index contributed by atoms with van der Waals surface area (Å²) in [6.07, 6.45) is 1.63. The minimum atomic E-state index is -0.404. The fraction of sp³-hybridized carbons (Fsp3) is 0.143. The van der Waals surface area contributed by atoms with Gasteiger partial charge in [0, 0.05) is 17.4 Å². The maximum atomic E-state index is 12.7. The number of pyridine rings is 1. The number of nitrogens with one attached hydrogen (secondary N) is 2. The molecule has 0 aliphatic carbocycles. The Balaban J connectivity index is 1.43. The number of hydrogen-bond donors (Lipinski definition) is 2. The first-order valence-corrected chi connectivity index (χ1v) is 11.0. The molecule has 34 heavy (non-hydrogen) atoms. The molecule has 0 saturated carbocycles. The first-order chi connectivity index (χ1) is 16.4. The van der Waals surface area contributed by atoms with Gasteiger partial charge < -0.3 is 20.1 Å². The van der Waals surface area contributed by atoms with Gasteiger partial charge in [0.2, 0.25) is 5.88 Å². The molecule has 6 heteroatoms. The summed E-state index contributed by atoms with van der Waals surface area (Å²) in [6, 6.07) is 27.6. The number of amides is 2. The minimum Gasteiger partial charge on any atom is -0.457 e. The monoisotopic (exact) mass is 453 g/mol. The maximum absolute atomic E-state index is 12.7. The summed E-state index contributed by atoms with van der Waals surface area (Å²) in [5.41, 5.74) is 2.04. The summed E-state index contributed by atoms with van der Waals surface area (Å²) < 4.78 is 11.9. The van der Waals surface area contributed by atoms with Crippen molar-refractivity contribution in [3.63, 3.8) is 0 Å². The molecule has 0 unspecified atom stereocenters. The van der Waals surface area contributed by atoms with Crippen LogP contribution in [-0.4, -0.2) is 11.0 Å². The van der Waals surface area contributed by atoms with E-state index >= 15 is 0 Å².